The second-order valence-corrected chi connectivity index (χ2v) is 8.40. The predicted octanol–water partition coefficient (Wildman–Crippen LogP) is 4.97. The number of rotatable bonds is 3. The molecule has 1 amide bonds. The maximum absolute atomic E-state index is 12.0. The Bertz CT molecular complexity index is 594. The second-order valence-electron chi connectivity index (χ2n) is 8.40. The number of amides is 1. The van der Waals surface area contributed by atoms with Crippen molar-refractivity contribution in [3.8, 4) is 5.75 Å². The van der Waals surface area contributed by atoms with Crippen LogP contribution in [0.1, 0.15) is 65.4 Å². The molecule has 0 unspecified atom stereocenters. The fourth-order valence-corrected chi connectivity index (χ4v) is 4.14. The first-order chi connectivity index (χ1) is 11.4. The molecule has 0 saturated heterocycles. The first-order valence-electron chi connectivity index (χ1n) is 9.48. The molecule has 24 heavy (non-hydrogen) atoms. The van der Waals surface area contributed by atoms with E-state index in [1.807, 2.05) is 17.9 Å². The minimum Gasteiger partial charge on any atom is -0.490 e. The molecule has 2 aliphatic rings. The summed E-state index contributed by atoms with van der Waals surface area (Å²) >= 11 is 0. The van der Waals surface area contributed by atoms with E-state index in [2.05, 4.69) is 32.9 Å². The number of hydrogen-bond acceptors (Lipinski definition) is 2. The van der Waals surface area contributed by atoms with Gasteiger partial charge in [0.15, 0.2) is 0 Å². The highest BCUT2D eigenvalue weighted by Gasteiger charge is 2.30. The van der Waals surface area contributed by atoms with Crippen LogP contribution in [0.4, 0.5) is 5.69 Å². The van der Waals surface area contributed by atoms with Crippen molar-refractivity contribution in [2.75, 3.05) is 11.4 Å². The van der Waals surface area contributed by atoms with Gasteiger partial charge >= 0.3 is 0 Å². The fraction of sp³-hybridized carbons (Fsp3) is 0.667. The van der Waals surface area contributed by atoms with Crippen molar-refractivity contribution < 1.29 is 9.53 Å². The number of ether oxygens (including phenoxy) is 1. The van der Waals surface area contributed by atoms with Crippen molar-refractivity contribution in [1.29, 1.82) is 0 Å². The first-order valence-corrected chi connectivity index (χ1v) is 9.48. The summed E-state index contributed by atoms with van der Waals surface area (Å²) in [6, 6.07) is 6.25. The lowest BCUT2D eigenvalue weighted by Gasteiger charge is -2.37. The molecule has 1 aliphatic carbocycles. The van der Waals surface area contributed by atoms with Gasteiger partial charge in [-0.25, -0.2) is 0 Å². The molecule has 0 bridgehead atoms. The van der Waals surface area contributed by atoms with Gasteiger partial charge in [-0.15, -0.1) is 0 Å². The largest absolute Gasteiger partial charge is 0.490 e. The molecular formula is C21H31NO2. The zero-order chi connectivity index (χ0) is 17.3. The summed E-state index contributed by atoms with van der Waals surface area (Å²) in [7, 11) is 0. The van der Waals surface area contributed by atoms with Gasteiger partial charge in [0.25, 0.3) is 0 Å². The van der Waals surface area contributed by atoms with Crippen LogP contribution < -0.4 is 9.64 Å². The van der Waals surface area contributed by atoms with Crippen molar-refractivity contribution >= 4 is 11.6 Å². The summed E-state index contributed by atoms with van der Waals surface area (Å²) < 4.78 is 6.26. The van der Waals surface area contributed by atoms with Crippen molar-refractivity contribution in [1.82, 2.24) is 0 Å². The number of fused-ring (bicyclic) bond motifs is 1. The topological polar surface area (TPSA) is 29.5 Å². The molecule has 3 rings (SSSR count). The highest BCUT2D eigenvalue weighted by Crippen LogP contribution is 2.39. The van der Waals surface area contributed by atoms with Gasteiger partial charge < -0.3 is 9.64 Å². The molecule has 1 aromatic carbocycles. The molecule has 0 radical (unpaired) electrons. The lowest BCUT2D eigenvalue weighted by Crippen LogP contribution is -2.30. The van der Waals surface area contributed by atoms with E-state index in [0.717, 1.165) is 43.2 Å². The van der Waals surface area contributed by atoms with Crippen LogP contribution in [0.15, 0.2) is 18.2 Å². The third-order valence-corrected chi connectivity index (χ3v) is 5.75. The van der Waals surface area contributed by atoms with Crippen LogP contribution in [0.5, 0.6) is 5.75 Å². The van der Waals surface area contributed by atoms with Crippen LogP contribution in [-0.2, 0) is 11.2 Å². The Balaban J connectivity index is 1.61. The van der Waals surface area contributed by atoms with E-state index in [1.54, 1.807) is 0 Å². The smallest absolute Gasteiger partial charge is 0.226 e. The predicted molar refractivity (Wildman–Crippen MR) is 98.6 cm³/mol. The quantitative estimate of drug-likeness (QED) is 0.783. The van der Waals surface area contributed by atoms with Crippen molar-refractivity contribution in [2.45, 2.75) is 72.3 Å². The van der Waals surface area contributed by atoms with Crippen molar-refractivity contribution in [3.63, 3.8) is 0 Å². The monoisotopic (exact) mass is 329 g/mol. The van der Waals surface area contributed by atoms with E-state index in [0.29, 0.717) is 17.9 Å². The van der Waals surface area contributed by atoms with Crippen LogP contribution in [0.2, 0.25) is 0 Å². The van der Waals surface area contributed by atoms with Gasteiger partial charge in [0, 0.05) is 18.7 Å². The molecule has 1 fully saturated rings. The summed E-state index contributed by atoms with van der Waals surface area (Å²) in [5.74, 6) is 1.99. The number of carbonyl (C=O) groups is 1. The molecule has 1 aliphatic heterocycles. The van der Waals surface area contributed by atoms with Crippen LogP contribution in [0.25, 0.3) is 0 Å². The first kappa shape index (κ1) is 17.3. The molecule has 0 spiro atoms. The van der Waals surface area contributed by atoms with Crippen LogP contribution in [-0.4, -0.2) is 18.6 Å². The molecule has 132 valence electrons. The molecule has 1 heterocycles. The molecule has 1 aromatic rings. The Morgan fingerprint density at radius 3 is 2.54 bits per heavy atom. The average Bonchev–Trinajstić information content (AvgIpc) is 2.97. The average molecular weight is 329 g/mol. The highest BCUT2D eigenvalue weighted by molar-refractivity contribution is 5.95. The third kappa shape index (κ3) is 3.60. The van der Waals surface area contributed by atoms with Crippen molar-refractivity contribution in [2.24, 2.45) is 11.3 Å². The normalized spacial score (nSPS) is 23.9. The molecular weight excluding hydrogens is 298 g/mol. The van der Waals surface area contributed by atoms with Crippen molar-refractivity contribution in [3.05, 3.63) is 23.8 Å². The zero-order valence-electron chi connectivity index (χ0n) is 15.6. The molecule has 3 heteroatoms. The SMILES string of the molecule is CCC(=O)N1CCc2cc(OC3CCC(C(C)(C)C)CC3)ccc21. The van der Waals surface area contributed by atoms with Crippen LogP contribution >= 0.6 is 0 Å². The molecule has 0 N–H and O–H groups in total. The number of hydrogen-bond donors (Lipinski definition) is 0. The summed E-state index contributed by atoms with van der Waals surface area (Å²) in [6.45, 7) is 9.78. The minimum absolute atomic E-state index is 0.211. The lowest BCUT2D eigenvalue weighted by atomic mass is 9.72. The number of nitrogens with zero attached hydrogens (tertiary/aromatic N) is 1. The molecule has 1 saturated carbocycles. The van der Waals surface area contributed by atoms with Crippen LogP contribution in [0, 0.1) is 11.3 Å². The summed E-state index contributed by atoms with van der Waals surface area (Å²) in [4.78, 5) is 13.9. The zero-order valence-corrected chi connectivity index (χ0v) is 15.6. The lowest BCUT2D eigenvalue weighted by molar-refractivity contribution is -0.118. The van der Waals surface area contributed by atoms with Crippen LogP contribution in [0.3, 0.4) is 0 Å². The van der Waals surface area contributed by atoms with Gasteiger partial charge in [0.2, 0.25) is 5.91 Å². The van der Waals surface area contributed by atoms with Gasteiger partial charge in [-0.3, -0.25) is 4.79 Å². The molecule has 0 aromatic heterocycles. The molecule has 0 atom stereocenters. The van der Waals surface area contributed by atoms with Gasteiger partial charge in [-0.05, 0) is 67.2 Å². The number of carbonyl (C=O) groups excluding carboxylic acids is 1. The maximum atomic E-state index is 12.0. The van der Waals surface area contributed by atoms with Gasteiger partial charge in [-0.2, -0.15) is 0 Å². The van der Waals surface area contributed by atoms with Gasteiger partial charge in [0.1, 0.15) is 5.75 Å². The van der Waals surface area contributed by atoms with E-state index in [9.17, 15) is 4.79 Å². The van der Waals surface area contributed by atoms with E-state index in [-0.39, 0.29) is 5.91 Å². The summed E-state index contributed by atoms with van der Waals surface area (Å²) in [5, 5.41) is 0. The Labute approximate surface area is 146 Å². The summed E-state index contributed by atoms with van der Waals surface area (Å²) in [6.07, 6.45) is 6.68. The third-order valence-electron chi connectivity index (χ3n) is 5.75. The Morgan fingerprint density at radius 1 is 1.21 bits per heavy atom. The minimum atomic E-state index is 0.211. The van der Waals surface area contributed by atoms with E-state index in [1.165, 1.54) is 18.4 Å². The Morgan fingerprint density at radius 2 is 1.92 bits per heavy atom. The second kappa shape index (κ2) is 6.78. The number of benzene rings is 1. The van der Waals surface area contributed by atoms with Gasteiger partial charge in [0.05, 0.1) is 6.10 Å². The van der Waals surface area contributed by atoms with E-state index < -0.39 is 0 Å². The summed E-state index contributed by atoms with van der Waals surface area (Å²) in [5.41, 5.74) is 2.73. The standard InChI is InChI=1S/C21H31NO2/c1-5-20(23)22-13-12-15-14-18(10-11-19(15)22)24-17-8-6-16(7-9-17)21(2,3)4/h10-11,14,16-17H,5-9,12-13H2,1-4H3. The van der Waals surface area contributed by atoms with Gasteiger partial charge in [-0.1, -0.05) is 27.7 Å². The highest BCUT2D eigenvalue weighted by atomic mass is 16.5. The number of anilines is 1. The fourth-order valence-electron chi connectivity index (χ4n) is 4.14. The van der Waals surface area contributed by atoms with E-state index >= 15 is 0 Å². The van der Waals surface area contributed by atoms with E-state index in [4.69, 9.17) is 4.74 Å². The maximum Gasteiger partial charge on any atom is 0.226 e. The Hall–Kier alpha value is -1.51. The molecule has 3 nitrogen and oxygen atoms in total. The Kier molecular flexibility index (Phi) is 4.89.